The van der Waals surface area contributed by atoms with Crippen LogP contribution in [0, 0.1) is 0 Å². The number of aromatic hydroxyl groups is 1. The fourth-order valence-electron chi connectivity index (χ4n) is 1.82. The van der Waals surface area contributed by atoms with E-state index >= 15 is 0 Å². The highest BCUT2D eigenvalue weighted by atomic mass is 16.3. The van der Waals surface area contributed by atoms with Gasteiger partial charge in [-0.25, -0.2) is 0 Å². The number of nitrogens with two attached hydrogens (primary N) is 1. The van der Waals surface area contributed by atoms with Gasteiger partial charge in [0.05, 0.1) is 0 Å². The van der Waals surface area contributed by atoms with Crippen molar-refractivity contribution in [3.8, 4) is 16.9 Å². The maximum atomic E-state index is 9.23. The Morgan fingerprint density at radius 1 is 0.824 bits per heavy atom. The maximum absolute atomic E-state index is 9.23. The second-order valence-electron chi connectivity index (χ2n) is 4.14. The Morgan fingerprint density at radius 3 is 1.88 bits per heavy atom. The Balaban J connectivity index is 2.14. The van der Waals surface area contributed by atoms with Crippen LogP contribution in [-0.2, 0) is 6.42 Å². The van der Waals surface area contributed by atoms with Gasteiger partial charge in [0.2, 0.25) is 0 Å². The molecule has 2 nitrogen and oxygen atoms in total. The first-order chi connectivity index (χ1) is 8.29. The number of hydrogen-bond donors (Lipinski definition) is 2. The van der Waals surface area contributed by atoms with Crippen LogP contribution in [-0.4, -0.2) is 11.7 Å². The van der Waals surface area contributed by atoms with Gasteiger partial charge in [0.15, 0.2) is 0 Å². The third-order valence-corrected chi connectivity index (χ3v) is 2.82. The van der Waals surface area contributed by atoms with Gasteiger partial charge in [0, 0.05) is 0 Å². The van der Waals surface area contributed by atoms with E-state index in [4.69, 9.17) is 5.73 Å². The highest BCUT2D eigenvalue weighted by Crippen LogP contribution is 2.22. The van der Waals surface area contributed by atoms with Crippen LogP contribution in [0.2, 0.25) is 0 Å². The second-order valence-corrected chi connectivity index (χ2v) is 4.14. The van der Waals surface area contributed by atoms with Gasteiger partial charge in [0.1, 0.15) is 5.75 Å². The van der Waals surface area contributed by atoms with Crippen molar-refractivity contribution in [2.24, 2.45) is 5.73 Å². The van der Waals surface area contributed by atoms with Crippen LogP contribution >= 0.6 is 0 Å². The molecule has 0 heterocycles. The average molecular weight is 227 g/mol. The van der Waals surface area contributed by atoms with Gasteiger partial charge in [-0.1, -0.05) is 36.4 Å². The number of phenols is 1. The van der Waals surface area contributed by atoms with E-state index in [0.29, 0.717) is 5.75 Å². The molecule has 0 atom stereocenters. The van der Waals surface area contributed by atoms with Gasteiger partial charge >= 0.3 is 0 Å². The topological polar surface area (TPSA) is 46.2 Å². The Hall–Kier alpha value is -1.80. The lowest BCUT2D eigenvalue weighted by Gasteiger charge is -2.04. The summed E-state index contributed by atoms with van der Waals surface area (Å²) in [4.78, 5) is 0. The lowest BCUT2D eigenvalue weighted by atomic mass is 10.0. The van der Waals surface area contributed by atoms with E-state index in [1.807, 2.05) is 12.1 Å². The lowest BCUT2D eigenvalue weighted by Crippen LogP contribution is -2.00. The summed E-state index contributed by atoms with van der Waals surface area (Å²) in [6.07, 6.45) is 2.06. The Bertz CT molecular complexity index is 459. The monoisotopic (exact) mass is 227 g/mol. The van der Waals surface area contributed by atoms with Crippen molar-refractivity contribution in [3.05, 3.63) is 54.1 Å². The summed E-state index contributed by atoms with van der Waals surface area (Å²) in [6.45, 7) is 0.736. The molecule has 0 aliphatic rings. The van der Waals surface area contributed by atoms with Crippen molar-refractivity contribution in [2.75, 3.05) is 6.54 Å². The molecule has 2 rings (SSSR count). The predicted octanol–water partition coefficient (Wildman–Crippen LogP) is 2.95. The minimum Gasteiger partial charge on any atom is -0.508 e. The smallest absolute Gasteiger partial charge is 0.115 e. The van der Waals surface area contributed by atoms with Crippen LogP contribution in [0.25, 0.3) is 11.1 Å². The number of benzene rings is 2. The molecule has 0 fully saturated rings. The number of hydrogen-bond acceptors (Lipinski definition) is 2. The molecule has 0 saturated carbocycles. The Morgan fingerprint density at radius 2 is 1.35 bits per heavy atom. The van der Waals surface area contributed by atoms with Crippen molar-refractivity contribution >= 4 is 0 Å². The van der Waals surface area contributed by atoms with Gasteiger partial charge in [0.25, 0.3) is 0 Å². The van der Waals surface area contributed by atoms with E-state index in [2.05, 4.69) is 24.3 Å². The molecule has 0 aliphatic heterocycles. The first-order valence-corrected chi connectivity index (χ1v) is 5.88. The highest BCUT2D eigenvalue weighted by Gasteiger charge is 1.98. The SMILES string of the molecule is NCCCc1ccc(-c2ccc(O)cc2)cc1. The van der Waals surface area contributed by atoms with Crippen LogP contribution in [0.1, 0.15) is 12.0 Å². The zero-order valence-corrected chi connectivity index (χ0v) is 9.76. The minimum atomic E-state index is 0.299. The molecule has 3 N–H and O–H groups in total. The molecule has 0 unspecified atom stereocenters. The molecule has 17 heavy (non-hydrogen) atoms. The quantitative estimate of drug-likeness (QED) is 0.843. The number of phenolic OH excluding ortho intramolecular Hbond substituents is 1. The first-order valence-electron chi connectivity index (χ1n) is 5.88. The zero-order valence-electron chi connectivity index (χ0n) is 9.76. The molecule has 0 aliphatic carbocycles. The normalized spacial score (nSPS) is 10.4. The summed E-state index contributed by atoms with van der Waals surface area (Å²) < 4.78 is 0. The number of rotatable bonds is 4. The van der Waals surface area contributed by atoms with E-state index in [1.165, 1.54) is 11.1 Å². The first kappa shape index (κ1) is 11.7. The summed E-state index contributed by atoms with van der Waals surface area (Å²) in [7, 11) is 0. The molecular formula is C15H17NO. The fraction of sp³-hybridized carbons (Fsp3) is 0.200. The molecular weight excluding hydrogens is 210 g/mol. The molecule has 0 bridgehead atoms. The van der Waals surface area contributed by atoms with Gasteiger partial charge in [-0.3, -0.25) is 0 Å². The molecule has 2 aromatic rings. The zero-order chi connectivity index (χ0) is 12.1. The van der Waals surface area contributed by atoms with Crippen molar-refractivity contribution in [1.29, 1.82) is 0 Å². The standard InChI is InChI=1S/C15H17NO/c16-11-1-2-12-3-5-13(6-4-12)14-7-9-15(17)10-8-14/h3-10,17H,1-2,11,16H2. The van der Waals surface area contributed by atoms with Crippen LogP contribution in [0.5, 0.6) is 5.75 Å². The maximum Gasteiger partial charge on any atom is 0.115 e. The van der Waals surface area contributed by atoms with Crippen molar-refractivity contribution in [2.45, 2.75) is 12.8 Å². The summed E-state index contributed by atoms with van der Waals surface area (Å²) in [5, 5.41) is 9.23. The second kappa shape index (κ2) is 5.51. The van der Waals surface area contributed by atoms with E-state index in [-0.39, 0.29) is 0 Å². The van der Waals surface area contributed by atoms with Crippen molar-refractivity contribution in [3.63, 3.8) is 0 Å². The van der Waals surface area contributed by atoms with Crippen molar-refractivity contribution < 1.29 is 5.11 Å². The third-order valence-electron chi connectivity index (χ3n) is 2.82. The molecule has 0 amide bonds. The van der Waals surface area contributed by atoms with E-state index < -0.39 is 0 Å². The van der Waals surface area contributed by atoms with Gasteiger partial charge < -0.3 is 10.8 Å². The van der Waals surface area contributed by atoms with E-state index in [0.717, 1.165) is 24.9 Å². The molecule has 0 saturated heterocycles. The Kier molecular flexibility index (Phi) is 3.78. The summed E-state index contributed by atoms with van der Waals surface area (Å²) in [6, 6.07) is 15.7. The lowest BCUT2D eigenvalue weighted by molar-refractivity contribution is 0.475. The molecule has 2 heteroatoms. The molecule has 0 aromatic heterocycles. The fourth-order valence-corrected chi connectivity index (χ4v) is 1.82. The van der Waals surface area contributed by atoms with Gasteiger partial charge in [-0.2, -0.15) is 0 Å². The van der Waals surface area contributed by atoms with Crippen LogP contribution in [0.3, 0.4) is 0 Å². The third kappa shape index (κ3) is 3.08. The van der Waals surface area contributed by atoms with Crippen molar-refractivity contribution in [1.82, 2.24) is 0 Å². The van der Waals surface area contributed by atoms with Gasteiger partial charge in [-0.05, 0) is 48.2 Å². The minimum absolute atomic E-state index is 0.299. The molecule has 2 aromatic carbocycles. The van der Waals surface area contributed by atoms with Crippen LogP contribution < -0.4 is 5.73 Å². The Labute approximate surface area is 102 Å². The molecule has 88 valence electrons. The predicted molar refractivity (Wildman–Crippen MR) is 70.9 cm³/mol. The summed E-state index contributed by atoms with van der Waals surface area (Å²) in [5.74, 6) is 0.299. The van der Waals surface area contributed by atoms with Crippen LogP contribution in [0.4, 0.5) is 0 Å². The largest absolute Gasteiger partial charge is 0.508 e. The average Bonchev–Trinajstić information content (AvgIpc) is 2.38. The van der Waals surface area contributed by atoms with Gasteiger partial charge in [-0.15, -0.1) is 0 Å². The van der Waals surface area contributed by atoms with E-state index in [1.54, 1.807) is 12.1 Å². The van der Waals surface area contributed by atoms with Crippen LogP contribution in [0.15, 0.2) is 48.5 Å². The number of aryl methyl sites for hydroxylation is 1. The van der Waals surface area contributed by atoms with E-state index in [9.17, 15) is 5.11 Å². The highest BCUT2D eigenvalue weighted by molar-refractivity contribution is 5.64. The summed E-state index contributed by atoms with van der Waals surface area (Å²) in [5.41, 5.74) is 9.09. The molecule has 0 spiro atoms. The molecule has 0 radical (unpaired) electrons. The summed E-state index contributed by atoms with van der Waals surface area (Å²) >= 11 is 0.